The maximum atomic E-state index is 14.9. The minimum Gasteiger partial charge on any atom is -0.508 e. The summed E-state index contributed by atoms with van der Waals surface area (Å²) in [4.78, 5) is 297. The van der Waals surface area contributed by atoms with Crippen molar-refractivity contribution in [2.45, 2.75) is 338 Å². The molecule has 0 aliphatic carbocycles. The molecule has 4 aliphatic heterocycles. The van der Waals surface area contributed by atoms with Gasteiger partial charge in [-0.25, -0.2) is 4.79 Å². The standard InChI is InChI=1S/C92H152N26O24/c1-48(2)71(98)89(139)117-45-19-26-65(117)84(134)112-63(47-54-29-31-55(119)32-30-54)81(131)106-56(21-10-13-39-93)79(129)110-61(35-38-70(122)123)88(138)116-44-18-28-67(116)85(135)114-73(50(5)6)90(140)118-46-20-27-66(118)83(133)108-59(33-36-68(96)120)77(127)103-53(9)75(125)109-60(23-12-15-41-95)87(137)115-43-17-25-64(115)82(132)107-58(24-16-42-101-92(99)100)78(128)105-57(22-11-14-40-94)80(130)113-72(49(3)4)86(136)104-51(7)74(124)102-52(8)76(126)111-62(91(141)142)34-37-69(97)121/h29-32,48-53,56-67,71-73,119H,10-28,33-47,93-95,98H2,1-9H3,(H2,96,120)(H2,97,121)(H,102,124)(H,103,127)(H,104,136)(H,105,128)(H,106,131)(H,107,132)(H,108,133)(H,109,125)(H,110,129)(H,111,126)(H,112,134)(H,113,130)(H,114,135)(H,122,123)(H,141,142)(H4,99,100,101)/t51-,52-,53-,56-,57-,58-,59-,60-,61-,62-,63-,64-,65-,66-,67-,71-,72-,73-/m0/s1. The number of carbonyl (C=O) groups is 21. The summed E-state index contributed by atoms with van der Waals surface area (Å²) in [6.07, 6.45) is 0.343. The second kappa shape index (κ2) is 59.7. The Morgan fingerprint density at radius 2 is 0.676 bits per heavy atom. The first-order chi connectivity index (χ1) is 67.0. The van der Waals surface area contributed by atoms with Crippen LogP contribution >= 0.6 is 0 Å². The zero-order valence-electron chi connectivity index (χ0n) is 82.7. The number of nitrogens with zero attached hydrogens (tertiary/aromatic N) is 4. The summed E-state index contributed by atoms with van der Waals surface area (Å²) >= 11 is 0. The van der Waals surface area contributed by atoms with Gasteiger partial charge >= 0.3 is 11.9 Å². The lowest BCUT2D eigenvalue weighted by molar-refractivity contribution is -0.145. The van der Waals surface area contributed by atoms with Crippen molar-refractivity contribution in [3.05, 3.63) is 29.8 Å². The van der Waals surface area contributed by atoms with Gasteiger partial charge in [-0.1, -0.05) is 53.7 Å². The number of primary amides is 2. The number of carbonyl (C=O) groups excluding carboxylic acids is 19. The number of hydrogen-bond acceptors (Lipinski definition) is 27. The number of rotatable bonds is 61. The molecule has 0 radical (unpaired) electrons. The molecule has 32 N–H and O–H groups in total. The first kappa shape index (κ1) is 119. The first-order valence-corrected chi connectivity index (χ1v) is 49.0. The van der Waals surface area contributed by atoms with Crippen LogP contribution in [0.4, 0.5) is 0 Å². The van der Waals surface area contributed by atoms with E-state index in [0.717, 1.165) is 4.90 Å². The van der Waals surface area contributed by atoms with Gasteiger partial charge in [0.05, 0.1) is 6.04 Å². The second-order valence-corrected chi connectivity index (χ2v) is 37.7. The summed E-state index contributed by atoms with van der Waals surface area (Å²) in [6.45, 7) is 14.4. The summed E-state index contributed by atoms with van der Waals surface area (Å²) in [5, 5.41) is 73.7. The summed E-state index contributed by atoms with van der Waals surface area (Å²) in [5.41, 5.74) is 40.5. The van der Waals surface area contributed by atoms with Crippen molar-refractivity contribution in [3.63, 3.8) is 0 Å². The summed E-state index contributed by atoms with van der Waals surface area (Å²) in [5.74, 6) is -20.8. The minimum absolute atomic E-state index is 0.0214. The maximum absolute atomic E-state index is 14.9. The highest BCUT2D eigenvalue weighted by molar-refractivity contribution is 6.02. The molecule has 4 heterocycles. The van der Waals surface area contributed by atoms with Crippen molar-refractivity contribution < 1.29 is 116 Å². The summed E-state index contributed by atoms with van der Waals surface area (Å²) in [7, 11) is 0. The van der Waals surface area contributed by atoms with Gasteiger partial charge in [-0.3, -0.25) is 101 Å². The molecule has 1 aromatic rings. The molecule has 794 valence electrons. The predicted octanol–water partition coefficient (Wildman–Crippen LogP) is -6.31. The molecule has 0 unspecified atom stereocenters. The molecule has 142 heavy (non-hydrogen) atoms. The van der Waals surface area contributed by atoms with Crippen LogP contribution in [0.2, 0.25) is 0 Å². The molecule has 18 atom stereocenters. The molecule has 4 fully saturated rings. The molecule has 0 saturated carbocycles. The van der Waals surface area contributed by atoms with E-state index in [2.05, 4.69) is 74.4 Å². The molecule has 4 aliphatic rings. The van der Waals surface area contributed by atoms with Gasteiger partial charge in [-0.2, -0.15) is 0 Å². The zero-order chi connectivity index (χ0) is 106. The van der Waals surface area contributed by atoms with Crippen molar-refractivity contribution in [2.24, 2.45) is 57.9 Å². The van der Waals surface area contributed by atoms with Gasteiger partial charge in [0.1, 0.15) is 108 Å². The lowest BCUT2D eigenvalue weighted by Crippen LogP contribution is -2.61. The van der Waals surface area contributed by atoms with Gasteiger partial charge in [0, 0.05) is 58.4 Å². The summed E-state index contributed by atoms with van der Waals surface area (Å²) < 4.78 is 0. The predicted molar refractivity (Wildman–Crippen MR) is 515 cm³/mol. The van der Waals surface area contributed by atoms with Gasteiger partial charge in [0.25, 0.3) is 0 Å². The number of aliphatic carboxylic acids is 2. The Labute approximate surface area is 825 Å². The zero-order valence-corrected chi connectivity index (χ0v) is 82.7. The largest absolute Gasteiger partial charge is 0.508 e. The monoisotopic (exact) mass is 2010 g/mol. The number of amides is 19. The van der Waals surface area contributed by atoms with Crippen molar-refractivity contribution in [1.29, 1.82) is 5.41 Å². The number of carboxylic acid groups (broad SMARTS) is 2. The van der Waals surface area contributed by atoms with Crippen LogP contribution in [0.15, 0.2) is 24.3 Å². The van der Waals surface area contributed by atoms with E-state index in [-0.39, 0.29) is 180 Å². The van der Waals surface area contributed by atoms with Gasteiger partial charge in [-0.05, 0) is 217 Å². The number of nitrogens with two attached hydrogens (primary N) is 7. The molecular formula is C92H152N26O24. The highest BCUT2D eigenvalue weighted by Gasteiger charge is 2.47. The van der Waals surface area contributed by atoms with E-state index < -0.39 is 276 Å². The fourth-order valence-electron chi connectivity index (χ4n) is 17.0. The van der Waals surface area contributed by atoms with Crippen LogP contribution in [-0.2, 0) is 107 Å². The topological polar surface area (TPSA) is 807 Å². The van der Waals surface area contributed by atoms with Crippen LogP contribution in [-0.4, -0.2) is 326 Å². The normalized spacial score (nSPS) is 18.6. The van der Waals surface area contributed by atoms with Gasteiger partial charge in [-0.15, -0.1) is 0 Å². The lowest BCUT2D eigenvalue weighted by atomic mass is 10.0. The third-order valence-electron chi connectivity index (χ3n) is 25.3. The second-order valence-electron chi connectivity index (χ2n) is 37.7. The van der Waals surface area contributed by atoms with Crippen molar-refractivity contribution >= 4 is 130 Å². The molecule has 19 amide bonds. The van der Waals surface area contributed by atoms with E-state index >= 15 is 0 Å². The van der Waals surface area contributed by atoms with Crippen LogP contribution in [0.5, 0.6) is 5.75 Å². The SMILES string of the molecule is CC(C)[C@H](N)C(=O)N1CCC[C@H]1C(=O)N[C@@H](Cc1ccc(O)cc1)C(=O)N[C@@H](CCCCN)C(=O)N[C@@H](CCC(=O)O)C(=O)N1CCC[C@H]1C(=O)N[C@H](C(=O)N1CCC[C@H]1C(=O)N[C@@H](CCC(N)=O)C(=O)N[C@@H](C)C(=O)N[C@@H](CCCCN)C(=O)N1CCC[C@H]1C(=O)N[C@@H](CCCNC(=N)N)C(=O)N[C@@H](CCCCN)C(=O)N[C@H](C(=O)N[C@@H](C)C(=O)N[C@@H](C)C(=O)N[C@@H](CCC(N)=O)C(=O)O)C(C)C)C(C)C. The average Bonchev–Trinajstić information content (AvgIpc) is 1.64. The van der Waals surface area contributed by atoms with Gasteiger partial charge in [0.2, 0.25) is 112 Å². The number of phenols is 1. The molecule has 4 saturated heterocycles. The highest BCUT2D eigenvalue weighted by Crippen LogP contribution is 2.28. The van der Waals surface area contributed by atoms with Crippen molar-refractivity contribution in [1.82, 2.24) is 94.0 Å². The number of nitrogens with one attached hydrogen (secondary N) is 15. The Morgan fingerprint density at radius 1 is 0.352 bits per heavy atom. The number of guanidine groups is 1. The third kappa shape index (κ3) is 38.1. The first-order valence-electron chi connectivity index (χ1n) is 49.0. The van der Waals surface area contributed by atoms with E-state index in [9.17, 15) is 116 Å². The number of unbranched alkanes of at least 4 members (excludes halogenated alkanes) is 3. The van der Waals surface area contributed by atoms with E-state index in [0.29, 0.717) is 31.2 Å². The Balaban J connectivity index is 1.29. The number of phenolic OH excluding ortho intramolecular Hbond substituents is 1. The number of hydrogen-bond donors (Lipinski definition) is 25. The van der Waals surface area contributed by atoms with Crippen LogP contribution in [0.25, 0.3) is 0 Å². The van der Waals surface area contributed by atoms with Crippen molar-refractivity contribution in [2.75, 3.05) is 52.4 Å². The fourth-order valence-corrected chi connectivity index (χ4v) is 17.0. The number of benzene rings is 1. The lowest BCUT2D eigenvalue weighted by Gasteiger charge is -2.33. The molecule has 0 spiro atoms. The maximum Gasteiger partial charge on any atom is 0.326 e. The van der Waals surface area contributed by atoms with Crippen LogP contribution in [0.1, 0.15) is 228 Å². The van der Waals surface area contributed by atoms with Gasteiger partial charge in [0.15, 0.2) is 5.96 Å². The molecule has 50 nitrogen and oxygen atoms in total. The van der Waals surface area contributed by atoms with Crippen LogP contribution < -0.4 is 115 Å². The Morgan fingerprint density at radius 3 is 1.09 bits per heavy atom. The summed E-state index contributed by atoms with van der Waals surface area (Å²) in [6, 6.07) is -18.7. The number of carboxylic acids is 2. The highest BCUT2D eigenvalue weighted by atomic mass is 16.4. The molecule has 5 rings (SSSR count). The van der Waals surface area contributed by atoms with Crippen LogP contribution in [0, 0.1) is 23.2 Å². The average molecular weight is 2010 g/mol. The molecular weight excluding hydrogens is 1850 g/mol. The van der Waals surface area contributed by atoms with E-state index in [1.54, 1.807) is 41.5 Å². The molecule has 0 bridgehead atoms. The Bertz CT molecular complexity index is 4550. The molecule has 0 aromatic heterocycles. The number of aromatic hydroxyl groups is 1. The van der Waals surface area contributed by atoms with Crippen molar-refractivity contribution in [3.8, 4) is 5.75 Å². The smallest absolute Gasteiger partial charge is 0.326 e. The van der Waals surface area contributed by atoms with E-state index in [4.69, 9.17) is 45.5 Å². The Kier molecular flexibility index (Phi) is 50.2. The minimum atomic E-state index is -1.62. The Hall–Kier alpha value is -13.0. The quantitative estimate of drug-likeness (QED) is 0.0164. The van der Waals surface area contributed by atoms with Crippen LogP contribution in [0.3, 0.4) is 0 Å². The number of likely N-dealkylation sites (tertiary alicyclic amines) is 4. The third-order valence-corrected chi connectivity index (χ3v) is 25.3. The van der Waals surface area contributed by atoms with E-state index in [1.807, 2.05) is 0 Å². The van der Waals surface area contributed by atoms with Gasteiger partial charge < -0.3 is 149 Å². The fraction of sp³-hybridized carbons (Fsp3) is 0.696. The van der Waals surface area contributed by atoms with E-state index in [1.165, 1.54) is 59.7 Å². The molecule has 1 aromatic carbocycles. The molecule has 50 heteroatoms.